The molecular formula is C19H26N6O3. The van der Waals surface area contributed by atoms with Crippen molar-refractivity contribution in [2.45, 2.75) is 51.6 Å². The second-order valence-electron chi connectivity index (χ2n) is 7.36. The number of aryl methyl sites for hydroxylation is 1. The van der Waals surface area contributed by atoms with Crippen molar-refractivity contribution < 1.29 is 14.3 Å². The zero-order chi connectivity index (χ0) is 19.5. The average Bonchev–Trinajstić information content (AvgIpc) is 3.02. The molecule has 0 aromatic carbocycles. The van der Waals surface area contributed by atoms with Gasteiger partial charge in [-0.2, -0.15) is 5.10 Å². The van der Waals surface area contributed by atoms with Crippen LogP contribution in [0.1, 0.15) is 49.4 Å². The Hall–Kier alpha value is -2.68. The summed E-state index contributed by atoms with van der Waals surface area (Å²) in [6.45, 7) is 4.15. The summed E-state index contributed by atoms with van der Waals surface area (Å²) >= 11 is 0. The molecule has 0 bridgehead atoms. The van der Waals surface area contributed by atoms with Crippen LogP contribution in [0.2, 0.25) is 0 Å². The lowest BCUT2D eigenvalue weighted by Gasteiger charge is -2.24. The number of pyridine rings is 1. The highest BCUT2D eigenvalue weighted by Crippen LogP contribution is 2.26. The summed E-state index contributed by atoms with van der Waals surface area (Å²) in [4.78, 5) is 28.8. The van der Waals surface area contributed by atoms with Gasteiger partial charge in [0.25, 0.3) is 5.91 Å². The van der Waals surface area contributed by atoms with Gasteiger partial charge in [-0.15, -0.1) is 0 Å². The van der Waals surface area contributed by atoms with Gasteiger partial charge in [0.15, 0.2) is 11.5 Å². The molecule has 1 saturated heterocycles. The summed E-state index contributed by atoms with van der Waals surface area (Å²) in [5, 5.41) is 8.89. The molecule has 2 amide bonds. The summed E-state index contributed by atoms with van der Waals surface area (Å²) in [5.41, 5.74) is 6.11. The number of hydrogen-bond acceptors (Lipinski definition) is 6. The van der Waals surface area contributed by atoms with Crippen molar-refractivity contribution in [3.05, 3.63) is 17.8 Å². The number of carbonyl (C=O) groups excluding carboxylic acids is 2. The highest BCUT2D eigenvalue weighted by atomic mass is 16.5. The summed E-state index contributed by atoms with van der Waals surface area (Å²) in [7, 11) is 0. The number of aromatic nitrogens is 3. The van der Waals surface area contributed by atoms with Crippen LogP contribution in [0.5, 0.6) is 0 Å². The van der Waals surface area contributed by atoms with Gasteiger partial charge in [0, 0.05) is 37.9 Å². The fourth-order valence-corrected chi connectivity index (χ4v) is 3.51. The predicted molar refractivity (Wildman–Crippen MR) is 104 cm³/mol. The molecule has 150 valence electrons. The molecule has 28 heavy (non-hydrogen) atoms. The smallest absolute Gasteiger partial charge is 0.271 e. The first kappa shape index (κ1) is 18.7. The van der Waals surface area contributed by atoms with Crippen LogP contribution in [0.3, 0.4) is 0 Å². The summed E-state index contributed by atoms with van der Waals surface area (Å²) in [5.74, 6) is 0.223. The second kappa shape index (κ2) is 8.14. The van der Waals surface area contributed by atoms with Crippen molar-refractivity contribution >= 4 is 28.7 Å². The molecule has 0 atom stereocenters. The van der Waals surface area contributed by atoms with Crippen LogP contribution in [0.15, 0.2) is 12.3 Å². The number of amides is 2. The monoisotopic (exact) mass is 386 g/mol. The number of anilines is 1. The molecule has 3 heterocycles. The maximum atomic E-state index is 12.5. The third-order valence-electron chi connectivity index (χ3n) is 5.49. The van der Waals surface area contributed by atoms with E-state index in [4.69, 9.17) is 4.74 Å². The minimum absolute atomic E-state index is 0.0129. The Morgan fingerprint density at radius 2 is 2.00 bits per heavy atom. The van der Waals surface area contributed by atoms with Crippen molar-refractivity contribution in [1.29, 1.82) is 0 Å². The van der Waals surface area contributed by atoms with Crippen molar-refractivity contribution in [3.8, 4) is 0 Å². The highest BCUT2D eigenvalue weighted by molar-refractivity contribution is 6.00. The van der Waals surface area contributed by atoms with E-state index in [9.17, 15) is 9.59 Å². The number of hydrazine groups is 1. The molecule has 2 aromatic rings. The van der Waals surface area contributed by atoms with E-state index < -0.39 is 0 Å². The van der Waals surface area contributed by atoms with Crippen LogP contribution in [0, 0.1) is 5.92 Å². The maximum absolute atomic E-state index is 12.5. The van der Waals surface area contributed by atoms with Gasteiger partial charge in [-0.25, -0.2) is 9.67 Å². The lowest BCUT2D eigenvalue weighted by atomic mass is 9.85. The summed E-state index contributed by atoms with van der Waals surface area (Å²) in [6.07, 6.45) is 6.18. The van der Waals surface area contributed by atoms with Gasteiger partial charge in [0.2, 0.25) is 5.91 Å². The second-order valence-corrected chi connectivity index (χ2v) is 7.36. The number of nitrogens with zero attached hydrogens (tertiary/aromatic N) is 3. The quantitative estimate of drug-likeness (QED) is 0.674. The zero-order valence-electron chi connectivity index (χ0n) is 16.0. The Balaban J connectivity index is 1.51. The first-order chi connectivity index (χ1) is 13.7. The molecule has 1 saturated carbocycles. The Labute approximate surface area is 163 Å². The fraction of sp³-hybridized carbons (Fsp3) is 0.579. The number of hydrogen-bond donors (Lipinski definition) is 3. The van der Waals surface area contributed by atoms with Crippen molar-refractivity contribution in [2.24, 2.45) is 5.92 Å². The van der Waals surface area contributed by atoms with E-state index in [1.165, 1.54) is 6.20 Å². The van der Waals surface area contributed by atoms with Gasteiger partial charge < -0.3 is 10.1 Å². The average molecular weight is 386 g/mol. The molecule has 1 aliphatic heterocycles. The van der Waals surface area contributed by atoms with Gasteiger partial charge in [0.05, 0.1) is 10.9 Å². The third kappa shape index (κ3) is 3.80. The van der Waals surface area contributed by atoms with E-state index in [0.717, 1.165) is 62.2 Å². The van der Waals surface area contributed by atoms with Crippen molar-refractivity contribution in [1.82, 2.24) is 25.6 Å². The van der Waals surface area contributed by atoms with Crippen LogP contribution in [0.4, 0.5) is 5.82 Å². The predicted octanol–water partition coefficient (Wildman–Crippen LogP) is 1.60. The van der Waals surface area contributed by atoms with E-state index in [1.54, 1.807) is 6.07 Å². The van der Waals surface area contributed by atoms with Crippen LogP contribution in [-0.4, -0.2) is 45.8 Å². The number of ether oxygens (including phenoxy) is 1. The van der Waals surface area contributed by atoms with Gasteiger partial charge in [-0.1, -0.05) is 6.42 Å². The Bertz CT molecular complexity index is 870. The standard InChI is InChI=1S/C19H26N6O3/c1-2-25-17-15(16(24-25)21-14-6-8-28-9-7-14)10-13(11-20-17)19(27)23-22-18(26)12-4-3-5-12/h10-12,14H,2-9H2,1H3,(H,21,24)(H,22,26)(H,23,27). The first-order valence-electron chi connectivity index (χ1n) is 9.96. The molecule has 9 nitrogen and oxygen atoms in total. The SMILES string of the molecule is CCn1nc(NC2CCOCC2)c2cc(C(=O)NNC(=O)C3CCC3)cnc21. The first-order valence-corrected chi connectivity index (χ1v) is 9.96. The lowest BCUT2D eigenvalue weighted by molar-refractivity contribution is -0.128. The molecule has 2 aromatic heterocycles. The molecule has 0 spiro atoms. The third-order valence-corrected chi connectivity index (χ3v) is 5.49. The van der Waals surface area contributed by atoms with Crippen molar-refractivity contribution in [2.75, 3.05) is 18.5 Å². The van der Waals surface area contributed by atoms with E-state index >= 15 is 0 Å². The zero-order valence-corrected chi connectivity index (χ0v) is 16.0. The summed E-state index contributed by atoms with van der Waals surface area (Å²) < 4.78 is 7.23. The van der Waals surface area contributed by atoms with E-state index in [1.807, 2.05) is 11.6 Å². The minimum Gasteiger partial charge on any atom is -0.381 e. The fourth-order valence-electron chi connectivity index (χ4n) is 3.51. The summed E-state index contributed by atoms with van der Waals surface area (Å²) in [6, 6.07) is 2.06. The van der Waals surface area contributed by atoms with Gasteiger partial charge in [-0.05, 0) is 38.7 Å². The normalized spacial score (nSPS) is 17.9. The Morgan fingerprint density at radius 1 is 1.21 bits per heavy atom. The largest absolute Gasteiger partial charge is 0.381 e. The number of nitrogens with one attached hydrogen (secondary N) is 3. The lowest BCUT2D eigenvalue weighted by Crippen LogP contribution is -2.46. The van der Waals surface area contributed by atoms with Gasteiger partial charge >= 0.3 is 0 Å². The van der Waals surface area contributed by atoms with Crippen molar-refractivity contribution in [3.63, 3.8) is 0 Å². The van der Waals surface area contributed by atoms with E-state index in [-0.39, 0.29) is 23.8 Å². The number of carbonyl (C=O) groups is 2. The van der Waals surface area contributed by atoms with Crippen LogP contribution < -0.4 is 16.2 Å². The Kier molecular flexibility index (Phi) is 5.43. The minimum atomic E-state index is -0.386. The van der Waals surface area contributed by atoms with Gasteiger partial charge in [0.1, 0.15) is 0 Å². The number of rotatable bonds is 5. The molecule has 2 fully saturated rings. The van der Waals surface area contributed by atoms with Crippen LogP contribution in [-0.2, 0) is 16.1 Å². The Morgan fingerprint density at radius 3 is 2.68 bits per heavy atom. The molecule has 9 heteroatoms. The molecule has 0 radical (unpaired) electrons. The highest BCUT2D eigenvalue weighted by Gasteiger charge is 2.25. The molecular weight excluding hydrogens is 360 g/mol. The molecule has 3 N–H and O–H groups in total. The molecule has 1 aliphatic carbocycles. The molecule has 2 aliphatic rings. The van der Waals surface area contributed by atoms with Crippen LogP contribution in [0.25, 0.3) is 11.0 Å². The maximum Gasteiger partial charge on any atom is 0.271 e. The van der Waals surface area contributed by atoms with Crippen LogP contribution >= 0.6 is 0 Å². The van der Waals surface area contributed by atoms with E-state index in [2.05, 4.69) is 26.3 Å². The van der Waals surface area contributed by atoms with Gasteiger partial charge in [-0.3, -0.25) is 20.4 Å². The molecule has 4 rings (SSSR count). The topological polar surface area (TPSA) is 110 Å². The van der Waals surface area contributed by atoms with E-state index in [0.29, 0.717) is 12.1 Å². The molecule has 0 unspecified atom stereocenters. The number of fused-ring (bicyclic) bond motifs is 1.